The summed E-state index contributed by atoms with van der Waals surface area (Å²) in [6, 6.07) is 0. The fraction of sp³-hybridized carbons (Fsp3) is 1.00. The summed E-state index contributed by atoms with van der Waals surface area (Å²) in [4.78, 5) is 11.0. The quantitative estimate of drug-likeness (QED) is 0.176. The number of rotatable bonds is 6. The zero-order chi connectivity index (χ0) is 22.6. The second-order valence-electron chi connectivity index (χ2n) is 13.0. The van der Waals surface area contributed by atoms with Gasteiger partial charge >= 0.3 is 0 Å². The molecule has 0 aliphatic heterocycles. The number of nitrogens with zero attached hydrogens (tertiary/aromatic N) is 1. The van der Waals surface area contributed by atoms with E-state index in [0.29, 0.717) is 29.6 Å². The van der Waals surface area contributed by atoms with E-state index in [1.54, 1.807) is 0 Å². The van der Waals surface area contributed by atoms with Crippen molar-refractivity contribution < 1.29 is 4.92 Å². The molecule has 4 fully saturated rings. The Bertz CT molecular complexity index is 682. The molecule has 4 rings (SSSR count). The lowest BCUT2D eigenvalue weighted by molar-refractivity contribution is -0.567. The Kier molecular flexibility index (Phi) is 6.52. The van der Waals surface area contributed by atoms with Crippen LogP contribution in [0.1, 0.15) is 112 Å². The van der Waals surface area contributed by atoms with Crippen molar-refractivity contribution in [3.05, 3.63) is 10.1 Å². The molecule has 3 nitrogen and oxygen atoms in total. The minimum Gasteiger partial charge on any atom is -0.263 e. The van der Waals surface area contributed by atoms with Crippen LogP contribution >= 0.6 is 11.6 Å². The van der Waals surface area contributed by atoms with Crippen LogP contribution in [0.4, 0.5) is 0 Å². The van der Waals surface area contributed by atoms with E-state index in [1.807, 2.05) is 0 Å². The van der Waals surface area contributed by atoms with Crippen molar-refractivity contribution in [2.75, 3.05) is 0 Å². The maximum atomic E-state index is 12.3. The Labute approximate surface area is 195 Å². The molecule has 4 saturated carbocycles. The molecule has 178 valence electrons. The fourth-order valence-corrected chi connectivity index (χ4v) is 10.2. The molecule has 4 aliphatic rings. The van der Waals surface area contributed by atoms with Crippen LogP contribution in [0.25, 0.3) is 0 Å². The van der Waals surface area contributed by atoms with E-state index in [1.165, 1.54) is 51.4 Å². The van der Waals surface area contributed by atoms with Gasteiger partial charge in [0.1, 0.15) is 0 Å². The molecule has 0 spiro atoms. The van der Waals surface area contributed by atoms with E-state index in [2.05, 4.69) is 34.6 Å². The van der Waals surface area contributed by atoms with Crippen LogP contribution in [0.15, 0.2) is 0 Å². The van der Waals surface area contributed by atoms with Gasteiger partial charge in [-0.3, -0.25) is 10.1 Å². The highest BCUT2D eigenvalue weighted by Gasteiger charge is 2.69. The van der Waals surface area contributed by atoms with Gasteiger partial charge in [0, 0.05) is 11.3 Å². The summed E-state index contributed by atoms with van der Waals surface area (Å²) in [6.45, 7) is 12.1. The van der Waals surface area contributed by atoms with Crippen LogP contribution < -0.4 is 0 Å². The fourth-order valence-electron chi connectivity index (χ4n) is 9.62. The number of hydrogen-bond acceptors (Lipinski definition) is 2. The van der Waals surface area contributed by atoms with Gasteiger partial charge in [-0.2, -0.15) is 0 Å². The van der Waals surface area contributed by atoms with Crippen molar-refractivity contribution in [2.45, 2.75) is 117 Å². The summed E-state index contributed by atoms with van der Waals surface area (Å²) in [5.74, 6) is 4.09. The van der Waals surface area contributed by atoms with E-state index in [0.717, 1.165) is 37.0 Å². The second kappa shape index (κ2) is 8.48. The predicted molar refractivity (Wildman–Crippen MR) is 129 cm³/mol. The summed E-state index contributed by atoms with van der Waals surface area (Å²) >= 11 is 7.03. The van der Waals surface area contributed by atoms with Crippen molar-refractivity contribution in [2.24, 2.45) is 52.3 Å². The van der Waals surface area contributed by atoms with Crippen molar-refractivity contribution in [3.63, 3.8) is 0 Å². The third-order valence-corrected chi connectivity index (χ3v) is 11.7. The number of hydrogen-bond donors (Lipinski definition) is 0. The SMILES string of the molecule is CC(C)CCC[C@@H](C)[C@H]1CC[C@H]2[C@@H]3C[C@@](Cl)([N+](=O)[O-])[C@H]4CCCC[C@]4(C)[C@H]3CC[C@]12C. The van der Waals surface area contributed by atoms with Crippen LogP contribution in [0, 0.1) is 62.4 Å². The van der Waals surface area contributed by atoms with Crippen LogP contribution in [0.3, 0.4) is 0 Å². The normalized spacial score (nSPS) is 48.0. The van der Waals surface area contributed by atoms with Crippen molar-refractivity contribution >= 4 is 11.6 Å². The first-order chi connectivity index (χ1) is 14.5. The van der Waals surface area contributed by atoms with Crippen LogP contribution in [-0.2, 0) is 0 Å². The Morgan fingerprint density at radius 3 is 2.35 bits per heavy atom. The first-order valence-corrected chi connectivity index (χ1v) is 13.7. The molecule has 0 heterocycles. The van der Waals surface area contributed by atoms with E-state index >= 15 is 0 Å². The smallest absolute Gasteiger partial charge is 0.263 e. The molecule has 4 heteroatoms. The van der Waals surface area contributed by atoms with Gasteiger partial charge in [0.2, 0.25) is 0 Å². The summed E-state index contributed by atoms with van der Waals surface area (Å²) in [7, 11) is 0. The average molecular weight is 452 g/mol. The van der Waals surface area contributed by atoms with E-state index in [-0.39, 0.29) is 16.3 Å². The molecule has 0 unspecified atom stereocenters. The number of alkyl halides is 1. The number of nitro groups is 1. The summed E-state index contributed by atoms with van der Waals surface area (Å²) in [5.41, 5.74) is 0.406. The zero-order valence-corrected chi connectivity index (χ0v) is 21.4. The molecule has 0 amide bonds. The molecule has 4 aliphatic carbocycles. The van der Waals surface area contributed by atoms with Crippen molar-refractivity contribution in [3.8, 4) is 0 Å². The molecule has 0 radical (unpaired) electrons. The second-order valence-corrected chi connectivity index (χ2v) is 13.6. The third-order valence-electron chi connectivity index (χ3n) is 11.1. The highest BCUT2D eigenvalue weighted by Crippen LogP contribution is 2.70. The largest absolute Gasteiger partial charge is 0.298 e. The van der Waals surface area contributed by atoms with Crippen LogP contribution in [0.2, 0.25) is 0 Å². The standard InChI is InChI=1S/C27H46ClNO2/c1-18(2)9-8-10-19(3)21-12-13-22-20-17-27(28,29(30)31)24-11-6-7-15-26(24,5)23(20)14-16-25(21,22)4/h18-24H,6-17H2,1-5H3/t19-,20+,21-,22+,23+,24+,25-,26-,27-/m1/s1. The first kappa shape index (κ1) is 23.8. The predicted octanol–water partition coefficient (Wildman–Crippen LogP) is 8.32. The molecule has 0 bridgehead atoms. The van der Waals surface area contributed by atoms with Gasteiger partial charge in [-0.05, 0) is 96.5 Å². The Morgan fingerprint density at radius 2 is 1.68 bits per heavy atom. The van der Waals surface area contributed by atoms with Crippen LogP contribution in [-0.4, -0.2) is 9.92 Å². The maximum absolute atomic E-state index is 12.3. The van der Waals surface area contributed by atoms with Gasteiger partial charge in [-0.15, -0.1) is 0 Å². The lowest BCUT2D eigenvalue weighted by Gasteiger charge is -2.62. The summed E-state index contributed by atoms with van der Waals surface area (Å²) < 4.78 is 0. The first-order valence-electron chi connectivity index (χ1n) is 13.4. The molecule has 0 saturated heterocycles. The lowest BCUT2D eigenvalue weighted by Crippen LogP contribution is -2.62. The molecular weight excluding hydrogens is 406 g/mol. The Morgan fingerprint density at radius 1 is 0.968 bits per heavy atom. The summed E-state index contributed by atoms with van der Waals surface area (Å²) in [6.07, 6.45) is 14.2. The minimum atomic E-state index is -1.24. The third kappa shape index (κ3) is 3.77. The summed E-state index contributed by atoms with van der Waals surface area (Å²) in [5, 5.41) is 12.3. The van der Waals surface area contributed by atoms with E-state index in [4.69, 9.17) is 11.6 Å². The van der Waals surface area contributed by atoms with E-state index in [9.17, 15) is 10.1 Å². The van der Waals surface area contributed by atoms with Gasteiger partial charge in [0.25, 0.3) is 5.00 Å². The Balaban J connectivity index is 1.58. The van der Waals surface area contributed by atoms with E-state index < -0.39 is 5.00 Å². The van der Waals surface area contributed by atoms with Crippen molar-refractivity contribution in [1.82, 2.24) is 0 Å². The van der Waals surface area contributed by atoms with Gasteiger partial charge in [-0.1, -0.05) is 66.7 Å². The molecule has 9 atom stereocenters. The highest BCUT2D eigenvalue weighted by molar-refractivity contribution is 6.23. The molecular formula is C27H46ClNO2. The highest BCUT2D eigenvalue weighted by atomic mass is 35.5. The van der Waals surface area contributed by atoms with Gasteiger partial charge in [0.05, 0.1) is 5.92 Å². The topological polar surface area (TPSA) is 43.1 Å². The zero-order valence-electron chi connectivity index (χ0n) is 20.7. The van der Waals surface area contributed by atoms with Crippen LogP contribution in [0.5, 0.6) is 0 Å². The molecule has 0 aromatic carbocycles. The molecule has 0 aromatic heterocycles. The molecule has 31 heavy (non-hydrogen) atoms. The number of fused-ring (bicyclic) bond motifs is 5. The van der Waals surface area contributed by atoms with Gasteiger partial charge in [-0.25, -0.2) is 0 Å². The Hall–Kier alpha value is -0.310. The maximum Gasteiger partial charge on any atom is 0.298 e. The van der Waals surface area contributed by atoms with Crippen molar-refractivity contribution in [1.29, 1.82) is 0 Å². The monoisotopic (exact) mass is 451 g/mol. The average Bonchev–Trinajstić information content (AvgIpc) is 3.05. The van der Waals surface area contributed by atoms with Gasteiger partial charge < -0.3 is 0 Å². The number of halogens is 1. The molecule has 0 N–H and O–H groups in total. The minimum absolute atomic E-state index is 0.0446. The molecule has 0 aromatic rings. The van der Waals surface area contributed by atoms with Gasteiger partial charge in [0.15, 0.2) is 0 Å². The lowest BCUT2D eigenvalue weighted by atomic mass is 9.43.